The summed E-state index contributed by atoms with van der Waals surface area (Å²) in [5, 5.41) is 2.31. The maximum absolute atomic E-state index is 6.44. The Kier molecular flexibility index (Phi) is 2.67. The van der Waals surface area contributed by atoms with Crippen molar-refractivity contribution < 1.29 is 9.15 Å². The van der Waals surface area contributed by atoms with Crippen molar-refractivity contribution in [3.63, 3.8) is 0 Å². The smallest absolute Gasteiger partial charge is 0.256 e. The Morgan fingerprint density at radius 1 is 0.742 bits per heavy atom. The lowest BCUT2D eigenvalue weighted by Gasteiger charge is -2.33. The van der Waals surface area contributed by atoms with E-state index in [1.165, 1.54) is 38.5 Å². The zero-order valence-electron chi connectivity index (χ0n) is 16.8. The summed E-state index contributed by atoms with van der Waals surface area (Å²) in [4.78, 5) is 0. The van der Waals surface area contributed by atoms with Crippen molar-refractivity contribution in [2.24, 2.45) is 0 Å². The maximum atomic E-state index is 6.44. The lowest BCUT2D eigenvalue weighted by atomic mass is 9.34. The van der Waals surface area contributed by atoms with Crippen molar-refractivity contribution in [2.75, 3.05) is 0 Å². The molecule has 0 saturated heterocycles. The molecule has 2 aromatic heterocycles. The van der Waals surface area contributed by atoms with E-state index < -0.39 is 0 Å². The van der Waals surface area contributed by atoms with Crippen LogP contribution in [-0.4, -0.2) is 11.3 Å². The van der Waals surface area contributed by atoms with Crippen LogP contribution >= 0.6 is 0 Å². The zero-order valence-corrected chi connectivity index (χ0v) is 16.8. The molecule has 0 spiro atoms. The summed E-state index contributed by atoms with van der Waals surface area (Å²) in [7, 11) is 0. The van der Waals surface area contributed by atoms with Crippen LogP contribution in [0.2, 0.25) is 0 Å². The van der Waals surface area contributed by atoms with E-state index in [1.54, 1.807) is 0 Å². The van der Waals surface area contributed by atoms with Crippen molar-refractivity contribution in [3.05, 3.63) is 84.4 Å². The third-order valence-electron chi connectivity index (χ3n) is 6.88. The Hall–Kier alpha value is -3.92. The normalized spacial score (nSPS) is 13.5. The Balaban J connectivity index is 1.66. The van der Waals surface area contributed by atoms with Crippen LogP contribution in [-0.2, 0) is 0 Å². The highest BCUT2D eigenvalue weighted by atomic mass is 16.5. The van der Waals surface area contributed by atoms with Gasteiger partial charge in [0.15, 0.2) is 5.58 Å². The van der Waals surface area contributed by atoms with Gasteiger partial charge >= 0.3 is 0 Å². The van der Waals surface area contributed by atoms with Gasteiger partial charge in [-0.3, -0.25) is 0 Å². The number of rotatable bonds is 0. The molecule has 0 N–H and O–H groups in total. The van der Waals surface area contributed by atoms with E-state index in [9.17, 15) is 0 Å². The minimum atomic E-state index is 0.150. The van der Waals surface area contributed by atoms with Gasteiger partial charge in [-0.2, -0.15) is 0 Å². The number of aryl methyl sites for hydroxylation is 1. The van der Waals surface area contributed by atoms with Gasteiger partial charge in [0.2, 0.25) is 0 Å². The average Bonchev–Trinajstić information content (AvgIpc) is 3.32. The van der Waals surface area contributed by atoms with Crippen molar-refractivity contribution in [3.8, 4) is 17.2 Å². The van der Waals surface area contributed by atoms with Crippen molar-refractivity contribution >= 4 is 56.1 Å². The molecular weight excluding hydrogens is 381 g/mol. The monoisotopic (exact) mass is 397 g/mol. The topological polar surface area (TPSA) is 27.3 Å². The number of fused-ring (bicyclic) bond motifs is 9. The van der Waals surface area contributed by atoms with Crippen molar-refractivity contribution in [1.29, 1.82) is 0 Å². The van der Waals surface area contributed by atoms with E-state index in [0.717, 1.165) is 33.6 Å². The van der Waals surface area contributed by atoms with E-state index in [1.807, 2.05) is 12.1 Å². The quantitative estimate of drug-likeness (QED) is 0.345. The highest BCUT2D eigenvalue weighted by Crippen LogP contribution is 2.41. The summed E-state index contributed by atoms with van der Waals surface area (Å²) in [5.41, 5.74) is 10.4. The highest BCUT2D eigenvalue weighted by molar-refractivity contribution is 6.99. The van der Waals surface area contributed by atoms with Crippen LogP contribution in [0.25, 0.3) is 38.7 Å². The van der Waals surface area contributed by atoms with E-state index in [2.05, 4.69) is 78.2 Å². The molecule has 0 bridgehead atoms. The molecule has 4 heterocycles. The first-order valence-corrected chi connectivity index (χ1v) is 10.7. The minimum absolute atomic E-state index is 0.150. The van der Waals surface area contributed by atoms with Gasteiger partial charge in [0, 0.05) is 16.5 Å². The SMILES string of the molecule is Cc1cc2c3c(c1)-n1c4c(cccc4c4oc5ccccc5c41)B3c1ccccc1O2. The lowest BCUT2D eigenvalue weighted by Crippen LogP contribution is -2.58. The summed E-state index contributed by atoms with van der Waals surface area (Å²) < 4.78 is 15.3. The second-order valence-electron chi connectivity index (χ2n) is 8.62. The Bertz CT molecular complexity index is 1740. The van der Waals surface area contributed by atoms with Gasteiger partial charge in [-0.05, 0) is 65.3 Å². The molecule has 144 valence electrons. The van der Waals surface area contributed by atoms with E-state index in [0.29, 0.717) is 0 Å². The summed E-state index contributed by atoms with van der Waals surface area (Å²) in [5.74, 6) is 1.90. The van der Waals surface area contributed by atoms with Gasteiger partial charge in [-0.25, -0.2) is 0 Å². The predicted molar refractivity (Wildman–Crippen MR) is 126 cm³/mol. The van der Waals surface area contributed by atoms with Crippen molar-refractivity contribution in [2.45, 2.75) is 6.92 Å². The third-order valence-corrected chi connectivity index (χ3v) is 6.88. The summed E-state index contributed by atoms with van der Waals surface area (Å²) in [6.45, 7) is 2.29. The first kappa shape index (κ1) is 15.9. The predicted octanol–water partition coefficient (Wildman–Crippen LogP) is 4.77. The molecule has 31 heavy (non-hydrogen) atoms. The largest absolute Gasteiger partial charge is 0.458 e. The van der Waals surface area contributed by atoms with Crippen LogP contribution in [0.5, 0.6) is 11.5 Å². The molecule has 4 aromatic carbocycles. The molecule has 8 rings (SSSR count). The van der Waals surface area contributed by atoms with Crippen LogP contribution in [0.15, 0.2) is 83.3 Å². The molecule has 3 nitrogen and oxygen atoms in total. The van der Waals surface area contributed by atoms with Gasteiger partial charge in [0.05, 0.1) is 5.52 Å². The number of furan rings is 1. The van der Waals surface area contributed by atoms with Crippen LogP contribution < -0.4 is 21.1 Å². The Morgan fingerprint density at radius 2 is 1.55 bits per heavy atom. The molecule has 0 aliphatic carbocycles. The molecule has 4 heteroatoms. The number of para-hydroxylation sites is 3. The first-order valence-electron chi connectivity index (χ1n) is 10.7. The van der Waals surface area contributed by atoms with E-state index in [-0.39, 0.29) is 6.71 Å². The molecule has 0 atom stereocenters. The zero-order chi connectivity index (χ0) is 20.3. The lowest BCUT2D eigenvalue weighted by molar-refractivity contribution is 0.487. The van der Waals surface area contributed by atoms with E-state index >= 15 is 0 Å². The first-order chi connectivity index (χ1) is 15.3. The molecule has 6 aromatic rings. The fourth-order valence-corrected chi connectivity index (χ4v) is 5.73. The molecule has 0 radical (unpaired) electrons. The summed E-state index contributed by atoms with van der Waals surface area (Å²) >= 11 is 0. The molecular formula is C27H16BNO2. The number of hydrogen-bond acceptors (Lipinski definition) is 2. The van der Waals surface area contributed by atoms with Crippen LogP contribution in [0, 0.1) is 6.92 Å². The highest BCUT2D eigenvalue weighted by Gasteiger charge is 2.40. The maximum Gasteiger partial charge on any atom is 0.256 e. The number of hydrogen-bond donors (Lipinski definition) is 0. The van der Waals surface area contributed by atoms with E-state index in [4.69, 9.17) is 9.15 Å². The standard InChI is InChI=1S/C27H16BNO2/c1-15-13-20-24-23(14-15)30-22-12-5-3-9-18(22)28(24)19-10-6-8-17-25(19)29(20)26-16-7-2-4-11-21(16)31-27(17)26/h2-14H,1H3. The van der Waals surface area contributed by atoms with Gasteiger partial charge in [0.1, 0.15) is 22.6 Å². The number of nitrogens with zero attached hydrogens (tertiary/aromatic N) is 1. The molecule has 0 amide bonds. The summed E-state index contributed by atoms with van der Waals surface area (Å²) in [6, 6.07) is 27.8. The summed E-state index contributed by atoms with van der Waals surface area (Å²) in [6.07, 6.45) is 0. The molecule has 0 fully saturated rings. The molecule has 0 unspecified atom stereocenters. The average molecular weight is 397 g/mol. The van der Waals surface area contributed by atoms with Gasteiger partial charge in [0.25, 0.3) is 6.71 Å². The van der Waals surface area contributed by atoms with Crippen LogP contribution in [0.4, 0.5) is 0 Å². The van der Waals surface area contributed by atoms with Gasteiger partial charge in [-0.15, -0.1) is 0 Å². The second kappa shape index (κ2) is 5.22. The molecule has 2 aliphatic rings. The third kappa shape index (κ3) is 1.78. The number of benzene rings is 4. The van der Waals surface area contributed by atoms with Crippen molar-refractivity contribution in [1.82, 2.24) is 4.57 Å². The number of ether oxygens (including phenoxy) is 1. The van der Waals surface area contributed by atoms with Gasteiger partial charge < -0.3 is 13.7 Å². The molecule has 0 saturated carbocycles. The van der Waals surface area contributed by atoms with Crippen LogP contribution in [0.3, 0.4) is 0 Å². The van der Waals surface area contributed by atoms with Crippen LogP contribution in [0.1, 0.15) is 5.56 Å². The van der Waals surface area contributed by atoms with Gasteiger partial charge in [-0.1, -0.05) is 42.5 Å². The molecule has 2 aliphatic heterocycles. The second-order valence-corrected chi connectivity index (χ2v) is 8.62. The number of aromatic nitrogens is 1. The fourth-order valence-electron chi connectivity index (χ4n) is 5.73. The fraction of sp³-hybridized carbons (Fsp3) is 0.0370. The Morgan fingerprint density at radius 3 is 2.52 bits per heavy atom. The minimum Gasteiger partial charge on any atom is -0.458 e. The Labute approximate surface area is 178 Å².